The molecule has 0 saturated carbocycles. The Kier molecular flexibility index (Phi) is 4.01. The van der Waals surface area contributed by atoms with Crippen molar-refractivity contribution < 1.29 is 14.3 Å². The van der Waals surface area contributed by atoms with E-state index in [1.54, 1.807) is 12.1 Å². The molecule has 0 radical (unpaired) electrons. The second kappa shape index (κ2) is 6.27. The highest BCUT2D eigenvalue weighted by atomic mass is 16.3. The lowest BCUT2D eigenvalue weighted by Crippen LogP contribution is -1.96. The van der Waals surface area contributed by atoms with Crippen LogP contribution in [-0.4, -0.2) is 31.5 Å². The minimum atomic E-state index is -0.470. The summed E-state index contributed by atoms with van der Waals surface area (Å²) in [6.45, 7) is 2.02. The minimum Gasteiger partial charge on any atom is -0.504 e. The first-order valence-electron chi connectivity index (χ1n) is 6.95. The van der Waals surface area contributed by atoms with Crippen LogP contribution in [0.3, 0.4) is 0 Å². The van der Waals surface area contributed by atoms with E-state index < -0.39 is 5.78 Å². The monoisotopic (exact) mass is 310 g/mol. The zero-order chi connectivity index (χ0) is 16.2. The van der Waals surface area contributed by atoms with Crippen molar-refractivity contribution in [1.29, 1.82) is 0 Å². The first kappa shape index (κ1) is 14.7. The number of allylic oxidation sites excluding steroid dienone is 1. The van der Waals surface area contributed by atoms with Crippen LogP contribution < -0.4 is 0 Å². The van der Waals surface area contributed by atoms with E-state index in [2.05, 4.69) is 20.6 Å². The number of H-pyrrole nitrogens is 1. The van der Waals surface area contributed by atoms with E-state index in [9.17, 15) is 9.90 Å². The number of carbonyl (C=O) groups is 1. The van der Waals surface area contributed by atoms with E-state index in [1.165, 1.54) is 5.56 Å². The molecule has 3 aromatic rings. The molecule has 0 fully saturated rings. The van der Waals surface area contributed by atoms with Gasteiger partial charge in [0.15, 0.2) is 11.5 Å². The Labute approximate surface area is 131 Å². The lowest BCUT2D eigenvalue weighted by Gasteiger charge is -1.99. The van der Waals surface area contributed by atoms with E-state index in [0.29, 0.717) is 12.2 Å². The summed E-state index contributed by atoms with van der Waals surface area (Å²) in [5.74, 6) is -0.0840. The van der Waals surface area contributed by atoms with Crippen LogP contribution in [0.5, 0.6) is 0 Å². The van der Waals surface area contributed by atoms with Crippen LogP contribution >= 0.6 is 0 Å². The van der Waals surface area contributed by atoms with Gasteiger partial charge in [0.1, 0.15) is 5.76 Å². The Bertz CT molecular complexity index is 833. The van der Waals surface area contributed by atoms with Crippen LogP contribution in [0.2, 0.25) is 0 Å². The van der Waals surface area contributed by atoms with E-state index in [-0.39, 0.29) is 17.3 Å². The molecule has 0 aliphatic rings. The maximum atomic E-state index is 12.0. The highest BCUT2D eigenvalue weighted by Gasteiger charge is 2.13. The Balaban J connectivity index is 1.72. The quantitative estimate of drug-likeness (QED) is 0.426. The second-order valence-corrected chi connectivity index (χ2v) is 5.06. The molecule has 0 spiro atoms. The van der Waals surface area contributed by atoms with Crippen molar-refractivity contribution in [1.82, 2.24) is 20.6 Å². The van der Waals surface area contributed by atoms with Crippen LogP contribution in [0.15, 0.2) is 46.9 Å². The molecular formula is C16H14N4O3. The smallest absolute Gasteiger partial charge is 0.239 e. The van der Waals surface area contributed by atoms with Gasteiger partial charge in [0, 0.05) is 12.5 Å². The molecule has 0 atom stereocenters. The van der Waals surface area contributed by atoms with Crippen molar-refractivity contribution in [2.75, 3.05) is 0 Å². The minimum absolute atomic E-state index is 0.0511. The molecule has 0 aliphatic heterocycles. The number of nitrogens with one attached hydrogen (secondary N) is 1. The third kappa shape index (κ3) is 3.52. The molecule has 0 amide bonds. The fraction of sp³-hybridized carbons (Fsp3) is 0.125. The number of aliphatic hydroxyl groups excluding tert-OH is 1. The number of hydrogen-bond acceptors (Lipinski definition) is 6. The molecule has 0 aliphatic carbocycles. The number of aromatic nitrogens is 4. The molecular weight excluding hydrogens is 296 g/mol. The molecule has 2 N–H and O–H groups in total. The maximum absolute atomic E-state index is 12.0. The number of tetrazole rings is 1. The third-order valence-electron chi connectivity index (χ3n) is 3.25. The van der Waals surface area contributed by atoms with Crippen LogP contribution in [-0.2, 0) is 6.42 Å². The summed E-state index contributed by atoms with van der Waals surface area (Å²) in [7, 11) is 0. The fourth-order valence-electron chi connectivity index (χ4n) is 2.04. The number of rotatable bonds is 5. The lowest BCUT2D eigenvalue weighted by molar-refractivity contribution is 0.101. The molecule has 23 heavy (non-hydrogen) atoms. The molecule has 0 bridgehead atoms. The highest BCUT2D eigenvalue weighted by Crippen LogP contribution is 2.16. The Hall–Kier alpha value is -3.22. The standard InChI is InChI=1S/C16H14N4O3/c1-10-2-4-11(5-3-10)8-12-6-7-15(23-12)13(21)9-14(22)16-17-19-20-18-16/h2-7,9,22H,8H2,1H3,(H,17,18,19,20). The molecule has 7 heteroatoms. The first-order chi connectivity index (χ1) is 11.1. The number of nitrogens with zero attached hydrogens (tertiary/aromatic N) is 3. The normalized spacial score (nSPS) is 11.6. The Morgan fingerprint density at radius 3 is 2.74 bits per heavy atom. The van der Waals surface area contributed by atoms with Gasteiger partial charge in [-0.15, -0.1) is 10.2 Å². The van der Waals surface area contributed by atoms with E-state index in [1.807, 2.05) is 31.2 Å². The average molecular weight is 310 g/mol. The van der Waals surface area contributed by atoms with Gasteiger partial charge in [-0.1, -0.05) is 29.8 Å². The molecule has 2 aromatic heterocycles. The third-order valence-corrected chi connectivity index (χ3v) is 3.25. The summed E-state index contributed by atoms with van der Waals surface area (Å²) in [6, 6.07) is 11.4. The van der Waals surface area contributed by atoms with Gasteiger partial charge in [0.25, 0.3) is 0 Å². The number of benzene rings is 1. The number of furan rings is 1. The number of carbonyl (C=O) groups excluding carboxylic acids is 1. The van der Waals surface area contributed by atoms with Gasteiger partial charge in [-0.3, -0.25) is 4.79 Å². The summed E-state index contributed by atoms with van der Waals surface area (Å²) < 4.78 is 5.53. The molecule has 7 nitrogen and oxygen atoms in total. The number of aliphatic hydroxyl groups is 1. The number of ketones is 1. The van der Waals surface area contributed by atoms with Crippen LogP contribution in [0.25, 0.3) is 5.76 Å². The Morgan fingerprint density at radius 1 is 1.26 bits per heavy atom. The Morgan fingerprint density at radius 2 is 2.04 bits per heavy atom. The second-order valence-electron chi connectivity index (χ2n) is 5.06. The van der Waals surface area contributed by atoms with Gasteiger partial charge >= 0.3 is 0 Å². The predicted molar refractivity (Wildman–Crippen MR) is 81.8 cm³/mol. The van der Waals surface area contributed by atoms with Gasteiger partial charge in [-0.2, -0.15) is 5.21 Å². The van der Waals surface area contributed by atoms with Crippen molar-refractivity contribution >= 4 is 11.5 Å². The van der Waals surface area contributed by atoms with Crippen molar-refractivity contribution in [3.8, 4) is 0 Å². The number of hydrogen-bond donors (Lipinski definition) is 2. The zero-order valence-corrected chi connectivity index (χ0v) is 12.4. The van der Waals surface area contributed by atoms with E-state index in [0.717, 1.165) is 11.6 Å². The van der Waals surface area contributed by atoms with Crippen molar-refractivity contribution in [3.63, 3.8) is 0 Å². The topological polar surface area (TPSA) is 105 Å². The van der Waals surface area contributed by atoms with E-state index in [4.69, 9.17) is 4.42 Å². The summed E-state index contributed by atoms with van der Waals surface area (Å²) in [4.78, 5) is 12.0. The summed E-state index contributed by atoms with van der Waals surface area (Å²) >= 11 is 0. The molecule has 3 rings (SSSR count). The first-order valence-corrected chi connectivity index (χ1v) is 6.95. The van der Waals surface area contributed by atoms with Crippen LogP contribution in [0.4, 0.5) is 0 Å². The van der Waals surface area contributed by atoms with Crippen molar-refractivity contribution in [2.24, 2.45) is 0 Å². The summed E-state index contributed by atoms with van der Waals surface area (Å²) in [5.41, 5.74) is 2.28. The van der Waals surface area contributed by atoms with Gasteiger partial charge < -0.3 is 9.52 Å². The lowest BCUT2D eigenvalue weighted by atomic mass is 10.1. The molecule has 0 unspecified atom stereocenters. The van der Waals surface area contributed by atoms with Gasteiger partial charge in [-0.05, 0) is 29.8 Å². The van der Waals surface area contributed by atoms with Crippen molar-refractivity contribution in [3.05, 3.63) is 70.9 Å². The maximum Gasteiger partial charge on any atom is 0.239 e. The van der Waals surface area contributed by atoms with Gasteiger partial charge in [0.05, 0.1) is 0 Å². The average Bonchev–Trinajstić information content (AvgIpc) is 3.21. The molecule has 1 aromatic carbocycles. The van der Waals surface area contributed by atoms with Crippen LogP contribution in [0.1, 0.15) is 33.3 Å². The van der Waals surface area contributed by atoms with Crippen molar-refractivity contribution in [2.45, 2.75) is 13.3 Å². The van der Waals surface area contributed by atoms with Gasteiger partial charge in [0.2, 0.25) is 11.6 Å². The summed E-state index contributed by atoms with van der Waals surface area (Å²) in [5, 5.41) is 22.4. The molecule has 0 saturated heterocycles. The van der Waals surface area contributed by atoms with Gasteiger partial charge in [-0.25, -0.2) is 0 Å². The largest absolute Gasteiger partial charge is 0.504 e. The SMILES string of the molecule is Cc1ccc(Cc2ccc(C(=O)C=C(O)c3nn[nH]n3)o2)cc1. The molecule has 2 heterocycles. The highest BCUT2D eigenvalue weighted by molar-refractivity contribution is 6.05. The number of aryl methyl sites for hydroxylation is 1. The zero-order valence-electron chi connectivity index (χ0n) is 12.4. The number of aromatic amines is 1. The van der Waals surface area contributed by atoms with Crippen LogP contribution in [0, 0.1) is 6.92 Å². The predicted octanol–water partition coefficient (Wildman–Crippen LogP) is 2.47. The summed E-state index contributed by atoms with van der Waals surface area (Å²) in [6.07, 6.45) is 1.59. The molecule has 116 valence electrons. The fourth-order valence-corrected chi connectivity index (χ4v) is 2.04. The van der Waals surface area contributed by atoms with E-state index >= 15 is 0 Å².